The largest absolute Gasteiger partial charge is 0.397 e. The lowest BCUT2D eigenvalue weighted by atomic mass is 10.1. The van der Waals surface area contributed by atoms with E-state index in [1.54, 1.807) is 37.8 Å². The van der Waals surface area contributed by atoms with Crippen LogP contribution in [-0.4, -0.2) is 51.2 Å². The van der Waals surface area contributed by atoms with Crippen LogP contribution in [0.2, 0.25) is 0 Å². The van der Waals surface area contributed by atoms with Crippen LogP contribution >= 0.6 is 0 Å². The van der Waals surface area contributed by atoms with Crippen molar-refractivity contribution >= 4 is 15.7 Å². The van der Waals surface area contributed by atoms with Gasteiger partial charge in [-0.25, -0.2) is 13.1 Å². The van der Waals surface area contributed by atoms with Crippen LogP contribution in [-0.2, 0) is 10.0 Å². The molecule has 0 saturated heterocycles. The van der Waals surface area contributed by atoms with E-state index >= 15 is 0 Å². The second kappa shape index (κ2) is 6.31. The molecule has 1 atom stereocenters. The summed E-state index contributed by atoms with van der Waals surface area (Å²) < 4.78 is 27.3. The quantitative estimate of drug-likeness (QED) is 0.664. The number of hydrogen-bond donors (Lipinski definition) is 3. The van der Waals surface area contributed by atoms with Crippen molar-refractivity contribution in [2.24, 2.45) is 0 Å². The van der Waals surface area contributed by atoms with E-state index in [1.807, 2.05) is 14.1 Å². The van der Waals surface area contributed by atoms with E-state index in [-0.39, 0.29) is 17.1 Å². The lowest BCUT2D eigenvalue weighted by Gasteiger charge is -2.27. The molecule has 1 rings (SSSR count). The molecular weight excluding hydrogens is 290 g/mol. The highest BCUT2D eigenvalue weighted by molar-refractivity contribution is 7.89. The Morgan fingerprint density at radius 2 is 1.81 bits per heavy atom. The SMILES string of the molecule is Cc1ccc(C)c(S(=O)(=O)NCC(C)(O)CN(C)C)c1N. The number of likely N-dealkylation sites (N-methyl/N-ethyl adjacent to an activating group) is 1. The van der Waals surface area contributed by atoms with Gasteiger partial charge in [-0.05, 0) is 46.0 Å². The van der Waals surface area contributed by atoms with E-state index in [9.17, 15) is 13.5 Å². The summed E-state index contributed by atoms with van der Waals surface area (Å²) >= 11 is 0. The minimum absolute atomic E-state index is 0.0830. The van der Waals surface area contributed by atoms with Crippen LogP contribution in [0.5, 0.6) is 0 Å². The normalized spacial score (nSPS) is 15.2. The van der Waals surface area contributed by atoms with Gasteiger partial charge in [-0.3, -0.25) is 0 Å². The summed E-state index contributed by atoms with van der Waals surface area (Å²) in [4.78, 5) is 1.88. The van der Waals surface area contributed by atoms with Gasteiger partial charge in [0.1, 0.15) is 4.90 Å². The Balaban J connectivity index is 3.01. The number of nitrogens with zero attached hydrogens (tertiary/aromatic N) is 1. The molecule has 0 aromatic heterocycles. The molecule has 21 heavy (non-hydrogen) atoms. The number of aryl methyl sites for hydroxylation is 2. The van der Waals surface area contributed by atoms with Crippen LogP contribution in [0.25, 0.3) is 0 Å². The monoisotopic (exact) mass is 315 g/mol. The first kappa shape index (κ1) is 17.9. The molecular formula is C14H25N3O3S. The average Bonchev–Trinajstić information content (AvgIpc) is 2.30. The fraction of sp³-hybridized carbons (Fsp3) is 0.571. The molecule has 6 nitrogen and oxygen atoms in total. The van der Waals surface area contributed by atoms with Crippen LogP contribution < -0.4 is 10.5 Å². The number of hydrogen-bond acceptors (Lipinski definition) is 5. The van der Waals surface area contributed by atoms with E-state index in [4.69, 9.17) is 5.73 Å². The summed E-state index contributed by atoms with van der Waals surface area (Å²) in [6, 6.07) is 3.50. The zero-order valence-electron chi connectivity index (χ0n) is 13.3. The van der Waals surface area contributed by atoms with Gasteiger partial charge in [0.15, 0.2) is 0 Å². The highest BCUT2D eigenvalue weighted by atomic mass is 32.2. The van der Waals surface area contributed by atoms with Gasteiger partial charge in [0, 0.05) is 13.1 Å². The molecule has 0 aliphatic carbocycles. The lowest BCUT2D eigenvalue weighted by Crippen LogP contribution is -2.47. The zero-order valence-corrected chi connectivity index (χ0v) is 14.1. The summed E-state index contributed by atoms with van der Waals surface area (Å²) in [6.45, 7) is 5.30. The average molecular weight is 315 g/mol. The maximum absolute atomic E-state index is 12.4. The summed E-state index contributed by atoms with van der Waals surface area (Å²) in [6.07, 6.45) is 0. The van der Waals surface area contributed by atoms with Gasteiger partial charge in [0.25, 0.3) is 0 Å². The molecule has 0 saturated carbocycles. The molecule has 0 aliphatic rings. The van der Waals surface area contributed by atoms with Crippen molar-refractivity contribution in [3.8, 4) is 0 Å². The molecule has 0 fully saturated rings. The number of nitrogens with two attached hydrogens (primary N) is 1. The topological polar surface area (TPSA) is 95.7 Å². The Morgan fingerprint density at radius 3 is 2.33 bits per heavy atom. The first-order valence-electron chi connectivity index (χ1n) is 6.69. The third-order valence-electron chi connectivity index (χ3n) is 3.18. The predicted octanol–water partition coefficient (Wildman–Crippen LogP) is 0.477. The third-order valence-corrected chi connectivity index (χ3v) is 4.78. The Morgan fingerprint density at radius 1 is 1.29 bits per heavy atom. The van der Waals surface area contributed by atoms with Gasteiger partial charge in [-0.1, -0.05) is 12.1 Å². The molecule has 0 amide bonds. The molecule has 1 aromatic carbocycles. The summed E-state index contributed by atoms with van der Waals surface area (Å²) in [5.41, 5.74) is 6.27. The molecule has 7 heteroatoms. The predicted molar refractivity (Wildman–Crippen MR) is 84.7 cm³/mol. The van der Waals surface area contributed by atoms with E-state index in [2.05, 4.69) is 4.72 Å². The highest BCUT2D eigenvalue weighted by Crippen LogP contribution is 2.25. The number of benzene rings is 1. The van der Waals surface area contributed by atoms with Crippen LogP contribution in [0.4, 0.5) is 5.69 Å². The molecule has 1 unspecified atom stereocenters. The van der Waals surface area contributed by atoms with Crippen LogP contribution in [0.1, 0.15) is 18.1 Å². The Hall–Kier alpha value is -1.15. The van der Waals surface area contributed by atoms with Crippen molar-refractivity contribution in [1.29, 1.82) is 0 Å². The molecule has 0 aliphatic heterocycles. The van der Waals surface area contributed by atoms with Gasteiger partial charge in [-0.2, -0.15) is 0 Å². The maximum atomic E-state index is 12.4. The summed E-state index contributed by atoms with van der Waals surface area (Å²) in [7, 11) is -0.144. The zero-order chi connectivity index (χ0) is 16.4. The van der Waals surface area contributed by atoms with Gasteiger partial charge in [0.05, 0.1) is 11.3 Å². The second-order valence-corrected chi connectivity index (χ2v) is 7.71. The molecule has 0 spiro atoms. The lowest BCUT2D eigenvalue weighted by molar-refractivity contribution is 0.0386. The van der Waals surface area contributed by atoms with E-state index < -0.39 is 15.6 Å². The van der Waals surface area contributed by atoms with Gasteiger partial charge < -0.3 is 15.7 Å². The highest BCUT2D eigenvalue weighted by Gasteiger charge is 2.27. The first-order chi connectivity index (χ1) is 9.46. The molecule has 0 radical (unpaired) electrons. The van der Waals surface area contributed by atoms with Crippen LogP contribution in [0.15, 0.2) is 17.0 Å². The molecule has 0 heterocycles. The summed E-state index contributed by atoms with van der Waals surface area (Å²) in [5.74, 6) is 0. The second-order valence-electron chi connectivity index (χ2n) is 6.00. The van der Waals surface area contributed by atoms with Crippen molar-refractivity contribution in [3.63, 3.8) is 0 Å². The number of nitrogen functional groups attached to an aromatic ring is 1. The van der Waals surface area contributed by atoms with Crippen molar-refractivity contribution in [2.75, 3.05) is 32.9 Å². The molecule has 0 bridgehead atoms. The van der Waals surface area contributed by atoms with Gasteiger partial charge >= 0.3 is 0 Å². The van der Waals surface area contributed by atoms with E-state index in [0.717, 1.165) is 0 Å². The number of anilines is 1. The van der Waals surface area contributed by atoms with Crippen molar-refractivity contribution in [2.45, 2.75) is 31.3 Å². The molecule has 1 aromatic rings. The Labute approximate surface area is 127 Å². The number of sulfonamides is 1. The maximum Gasteiger partial charge on any atom is 0.242 e. The van der Waals surface area contributed by atoms with Crippen molar-refractivity contribution in [1.82, 2.24) is 9.62 Å². The Kier molecular flexibility index (Phi) is 5.38. The van der Waals surface area contributed by atoms with Gasteiger partial charge in [-0.15, -0.1) is 0 Å². The fourth-order valence-corrected chi connectivity index (χ4v) is 3.81. The number of aliphatic hydroxyl groups is 1. The fourth-order valence-electron chi connectivity index (χ4n) is 2.22. The minimum Gasteiger partial charge on any atom is -0.397 e. The summed E-state index contributed by atoms with van der Waals surface area (Å²) in [5, 5.41) is 10.2. The van der Waals surface area contributed by atoms with E-state index in [1.165, 1.54) is 0 Å². The van der Waals surface area contributed by atoms with E-state index in [0.29, 0.717) is 17.7 Å². The van der Waals surface area contributed by atoms with Crippen molar-refractivity contribution in [3.05, 3.63) is 23.3 Å². The third kappa shape index (κ3) is 4.67. The smallest absolute Gasteiger partial charge is 0.242 e. The van der Waals surface area contributed by atoms with Crippen LogP contribution in [0.3, 0.4) is 0 Å². The number of nitrogens with one attached hydrogen (secondary N) is 1. The Bertz CT molecular complexity index is 610. The van der Waals surface area contributed by atoms with Gasteiger partial charge in [0.2, 0.25) is 10.0 Å². The molecule has 4 N–H and O–H groups in total. The standard InChI is InChI=1S/C14H25N3O3S/c1-10-6-7-11(2)13(12(10)15)21(19,20)16-8-14(3,18)9-17(4)5/h6-7,16,18H,8-9,15H2,1-5H3. The number of rotatable bonds is 6. The molecule has 120 valence electrons. The minimum atomic E-state index is -3.77. The van der Waals surface area contributed by atoms with Crippen molar-refractivity contribution < 1.29 is 13.5 Å². The van der Waals surface area contributed by atoms with Crippen LogP contribution in [0, 0.1) is 13.8 Å². The first-order valence-corrected chi connectivity index (χ1v) is 8.17.